The molecule has 0 saturated carbocycles. The third-order valence-electron chi connectivity index (χ3n) is 2.23. The normalized spacial score (nSPS) is 10.1. The molecule has 0 aromatic carbocycles. The van der Waals surface area contributed by atoms with Crippen LogP contribution in [0.25, 0.3) is 11.4 Å². The first kappa shape index (κ1) is 11.9. The van der Waals surface area contributed by atoms with Gasteiger partial charge in [-0.05, 0) is 12.1 Å². The minimum atomic E-state index is -1.24. The summed E-state index contributed by atoms with van der Waals surface area (Å²) < 4.78 is 13.6. The molecule has 2 rings (SSSR count). The van der Waals surface area contributed by atoms with E-state index in [0.717, 1.165) is 6.20 Å². The Labute approximate surface area is 102 Å². The number of rotatable bonds is 3. The van der Waals surface area contributed by atoms with Crippen LogP contribution in [-0.4, -0.2) is 33.1 Å². The molecule has 0 aliphatic heterocycles. The van der Waals surface area contributed by atoms with Crippen LogP contribution in [0, 0.1) is 5.82 Å². The molecule has 0 aliphatic carbocycles. The molecule has 0 atom stereocenters. The SMILES string of the molecule is CNc1ncc(C(=O)O)c(-c2ncccc2F)n1. The van der Waals surface area contributed by atoms with Crippen molar-refractivity contribution >= 4 is 11.9 Å². The van der Waals surface area contributed by atoms with Gasteiger partial charge in [-0.2, -0.15) is 0 Å². The largest absolute Gasteiger partial charge is 0.478 e. The van der Waals surface area contributed by atoms with Gasteiger partial charge in [0.25, 0.3) is 0 Å². The highest BCUT2D eigenvalue weighted by Crippen LogP contribution is 2.22. The minimum absolute atomic E-state index is 0.0556. The fourth-order valence-corrected chi connectivity index (χ4v) is 1.40. The minimum Gasteiger partial charge on any atom is -0.478 e. The number of nitrogens with zero attached hydrogens (tertiary/aromatic N) is 3. The Hall–Kier alpha value is -2.57. The Morgan fingerprint density at radius 2 is 2.17 bits per heavy atom. The van der Waals surface area contributed by atoms with Gasteiger partial charge in [0.05, 0.1) is 0 Å². The Balaban J connectivity index is 2.68. The van der Waals surface area contributed by atoms with Crippen LogP contribution in [0.15, 0.2) is 24.5 Å². The number of anilines is 1. The highest BCUT2D eigenvalue weighted by Gasteiger charge is 2.18. The zero-order chi connectivity index (χ0) is 13.1. The first-order valence-corrected chi connectivity index (χ1v) is 5.02. The van der Waals surface area contributed by atoms with Crippen LogP contribution in [0.5, 0.6) is 0 Å². The van der Waals surface area contributed by atoms with E-state index in [4.69, 9.17) is 5.11 Å². The number of hydrogen-bond donors (Lipinski definition) is 2. The summed E-state index contributed by atoms with van der Waals surface area (Å²) in [4.78, 5) is 22.6. The second-order valence-corrected chi connectivity index (χ2v) is 3.34. The molecular formula is C11H9FN4O2. The van der Waals surface area contributed by atoms with Gasteiger partial charge in [0, 0.05) is 19.4 Å². The van der Waals surface area contributed by atoms with Crippen molar-refractivity contribution in [2.45, 2.75) is 0 Å². The number of nitrogens with one attached hydrogen (secondary N) is 1. The lowest BCUT2D eigenvalue weighted by atomic mass is 10.1. The van der Waals surface area contributed by atoms with E-state index >= 15 is 0 Å². The molecular weight excluding hydrogens is 239 g/mol. The van der Waals surface area contributed by atoms with Gasteiger partial charge in [0.2, 0.25) is 5.95 Å². The molecule has 6 nitrogen and oxygen atoms in total. The molecule has 2 heterocycles. The lowest BCUT2D eigenvalue weighted by Gasteiger charge is -2.07. The molecule has 2 N–H and O–H groups in total. The lowest BCUT2D eigenvalue weighted by molar-refractivity contribution is 0.0697. The maximum atomic E-state index is 13.6. The number of carboxylic acids is 1. The Bertz CT molecular complexity index is 603. The Morgan fingerprint density at radius 1 is 1.39 bits per heavy atom. The Kier molecular flexibility index (Phi) is 3.13. The van der Waals surface area contributed by atoms with Gasteiger partial charge in [-0.25, -0.2) is 19.2 Å². The molecule has 18 heavy (non-hydrogen) atoms. The zero-order valence-corrected chi connectivity index (χ0v) is 9.38. The lowest BCUT2D eigenvalue weighted by Crippen LogP contribution is -2.07. The van der Waals surface area contributed by atoms with Crippen LogP contribution in [0.4, 0.5) is 10.3 Å². The van der Waals surface area contributed by atoms with Gasteiger partial charge in [-0.1, -0.05) is 0 Å². The average molecular weight is 248 g/mol. The standard InChI is InChI=1S/C11H9FN4O2/c1-13-11-15-5-6(10(17)18)8(16-11)9-7(12)3-2-4-14-9/h2-5H,1H3,(H,17,18)(H,13,15,16). The second-order valence-electron chi connectivity index (χ2n) is 3.34. The van der Waals surface area contributed by atoms with E-state index in [2.05, 4.69) is 20.3 Å². The fourth-order valence-electron chi connectivity index (χ4n) is 1.40. The molecule has 0 bridgehead atoms. The van der Waals surface area contributed by atoms with E-state index in [9.17, 15) is 9.18 Å². The second kappa shape index (κ2) is 4.74. The Morgan fingerprint density at radius 3 is 2.78 bits per heavy atom. The van der Waals surface area contributed by atoms with E-state index in [0.29, 0.717) is 0 Å². The molecule has 92 valence electrons. The van der Waals surface area contributed by atoms with Gasteiger partial charge >= 0.3 is 5.97 Å². The van der Waals surface area contributed by atoms with Crippen molar-refractivity contribution in [3.8, 4) is 11.4 Å². The van der Waals surface area contributed by atoms with Gasteiger partial charge in [0.15, 0.2) is 5.82 Å². The summed E-state index contributed by atoms with van der Waals surface area (Å²) in [7, 11) is 1.58. The fraction of sp³-hybridized carbons (Fsp3) is 0.0909. The predicted molar refractivity (Wildman–Crippen MR) is 61.7 cm³/mol. The molecule has 7 heteroatoms. The first-order valence-electron chi connectivity index (χ1n) is 5.02. The molecule has 0 amide bonds. The predicted octanol–water partition coefficient (Wildman–Crippen LogP) is 1.42. The van der Waals surface area contributed by atoms with Crippen molar-refractivity contribution in [3.63, 3.8) is 0 Å². The van der Waals surface area contributed by atoms with Gasteiger partial charge in [-0.3, -0.25) is 4.98 Å². The number of carbonyl (C=O) groups is 1. The molecule has 2 aromatic rings. The van der Waals surface area contributed by atoms with Crippen molar-refractivity contribution in [2.75, 3.05) is 12.4 Å². The van der Waals surface area contributed by atoms with Gasteiger partial charge < -0.3 is 10.4 Å². The number of aromatic nitrogens is 3. The van der Waals surface area contributed by atoms with Crippen LogP contribution < -0.4 is 5.32 Å². The molecule has 0 radical (unpaired) electrons. The summed E-state index contributed by atoms with van der Waals surface area (Å²) in [5.41, 5.74) is -0.375. The summed E-state index contributed by atoms with van der Waals surface area (Å²) in [5.74, 6) is -1.68. The van der Waals surface area contributed by atoms with E-state index in [-0.39, 0.29) is 22.9 Å². The number of pyridine rings is 1. The molecule has 0 spiro atoms. The van der Waals surface area contributed by atoms with Crippen molar-refractivity contribution < 1.29 is 14.3 Å². The van der Waals surface area contributed by atoms with Gasteiger partial charge in [0.1, 0.15) is 17.0 Å². The van der Waals surface area contributed by atoms with E-state index in [1.165, 1.54) is 18.3 Å². The highest BCUT2D eigenvalue weighted by atomic mass is 19.1. The van der Waals surface area contributed by atoms with Crippen LogP contribution in [0.3, 0.4) is 0 Å². The number of hydrogen-bond acceptors (Lipinski definition) is 5. The third kappa shape index (κ3) is 2.10. The maximum Gasteiger partial charge on any atom is 0.339 e. The quantitative estimate of drug-likeness (QED) is 0.854. The monoisotopic (exact) mass is 248 g/mol. The van der Waals surface area contributed by atoms with Crippen molar-refractivity contribution in [1.82, 2.24) is 15.0 Å². The number of aromatic carboxylic acids is 1. The average Bonchev–Trinajstić information content (AvgIpc) is 2.38. The zero-order valence-electron chi connectivity index (χ0n) is 9.38. The summed E-state index contributed by atoms with van der Waals surface area (Å²) in [6.07, 6.45) is 2.48. The summed E-state index contributed by atoms with van der Waals surface area (Å²) in [6, 6.07) is 2.61. The summed E-state index contributed by atoms with van der Waals surface area (Å²) >= 11 is 0. The van der Waals surface area contributed by atoms with Crippen LogP contribution in [0.2, 0.25) is 0 Å². The smallest absolute Gasteiger partial charge is 0.339 e. The summed E-state index contributed by atoms with van der Waals surface area (Å²) in [5, 5.41) is 11.7. The third-order valence-corrected chi connectivity index (χ3v) is 2.23. The molecule has 0 aliphatic rings. The number of halogens is 1. The molecule has 0 saturated heterocycles. The van der Waals surface area contributed by atoms with Crippen LogP contribution in [0.1, 0.15) is 10.4 Å². The topological polar surface area (TPSA) is 88.0 Å². The first-order chi connectivity index (χ1) is 8.63. The maximum absolute atomic E-state index is 13.6. The van der Waals surface area contributed by atoms with E-state index in [1.54, 1.807) is 7.05 Å². The van der Waals surface area contributed by atoms with Crippen molar-refractivity contribution in [1.29, 1.82) is 0 Å². The van der Waals surface area contributed by atoms with Crippen molar-refractivity contribution in [2.24, 2.45) is 0 Å². The van der Waals surface area contributed by atoms with Crippen molar-refractivity contribution in [3.05, 3.63) is 35.9 Å². The van der Waals surface area contributed by atoms with Crippen LogP contribution >= 0.6 is 0 Å². The highest BCUT2D eigenvalue weighted by molar-refractivity contribution is 5.94. The van der Waals surface area contributed by atoms with Crippen LogP contribution in [-0.2, 0) is 0 Å². The van der Waals surface area contributed by atoms with E-state index < -0.39 is 11.8 Å². The number of carboxylic acid groups (broad SMARTS) is 1. The van der Waals surface area contributed by atoms with E-state index in [1.807, 2.05) is 0 Å². The molecule has 0 unspecified atom stereocenters. The molecule has 0 fully saturated rings. The molecule has 2 aromatic heterocycles. The summed E-state index contributed by atoms with van der Waals surface area (Å²) in [6.45, 7) is 0. The van der Waals surface area contributed by atoms with Gasteiger partial charge in [-0.15, -0.1) is 0 Å².